The highest BCUT2D eigenvalue weighted by molar-refractivity contribution is 7.91. The fraction of sp³-hybridized carbons (Fsp3) is 0.588. The first-order valence-electron chi connectivity index (χ1n) is 7.88. The zero-order valence-corrected chi connectivity index (χ0v) is 16.3. The van der Waals surface area contributed by atoms with Gasteiger partial charge in [0.1, 0.15) is 5.75 Å². The van der Waals surface area contributed by atoms with Gasteiger partial charge in [0.2, 0.25) is 5.91 Å². The van der Waals surface area contributed by atoms with Crippen molar-refractivity contribution in [2.45, 2.75) is 44.9 Å². The molecular weight excluding hydrogens is 350 g/mol. The predicted octanol–water partition coefficient (Wildman–Crippen LogP) is 3.45. The molecule has 1 aromatic carbocycles. The zero-order valence-electron chi connectivity index (χ0n) is 14.7. The fourth-order valence-corrected chi connectivity index (χ4v) is 3.71. The molecule has 0 bridgehead atoms. The number of hydrogen-bond acceptors (Lipinski definition) is 4. The quantitative estimate of drug-likeness (QED) is 0.706. The Labute approximate surface area is 149 Å². The van der Waals surface area contributed by atoms with Crippen molar-refractivity contribution in [1.82, 2.24) is 5.32 Å². The minimum Gasteiger partial charge on any atom is -0.495 e. The van der Waals surface area contributed by atoms with Crippen molar-refractivity contribution in [2.24, 2.45) is 5.41 Å². The Hall–Kier alpha value is -1.27. The smallest absolute Gasteiger partial charge is 0.221 e. The van der Waals surface area contributed by atoms with Crippen molar-refractivity contribution in [3.8, 4) is 5.75 Å². The van der Waals surface area contributed by atoms with Crippen molar-refractivity contribution in [2.75, 3.05) is 19.4 Å². The maximum absolute atomic E-state index is 12.3. The largest absolute Gasteiger partial charge is 0.495 e. The average Bonchev–Trinajstić information content (AvgIpc) is 2.48. The number of nitrogens with one attached hydrogen (secondary N) is 1. The van der Waals surface area contributed by atoms with Gasteiger partial charge in [-0.2, -0.15) is 0 Å². The van der Waals surface area contributed by atoms with Gasteiger partial charge in [-0.1, -0.05) is 32.4 Å². The molecule has 1 amide bonds. The topological polar surface area (TPSA) is 72.5 Å². The maximum atomic E-state index is 12.3. The second-order valence-electron chi connectivity index (χ2n) is 6.88. The monoisotopic (exact) mass is 375 g/mol. The van der Waals surface area contributed by atoms with Crippen molar-refractivity contribution >= 4 is 27.3 Å². The number of methoxy groups -OCH3 is 1. The van der Waals surface area contributed by atoms with Crippen LogP contribution < -0.4 is 10.1 Å². The number of carbonyl (C=O) groups is 1. The molecule has 0 saturated heterocycles. The second kappa shape index (κ2) is 8.72. The Morgan fingerprint density at radius 1 is 1.29 bits per heavy atom. The van der Waals surface area contributed by atoms with Crippen LogP contribution in [-0.2, 0) is 14.6 Å². The summed E-state index contributed by atoms with van der Waals surface area (Å²) in [6.07, 6.45) is 1.80. The van der Waals surface area contributed by atoms with Crippen molar-refractivity contribution in [3.05, 3.63) is 23.2 Å². The number of carbonyl (C=O) groups excluding carboxylic acids is 1. The van der Waals surface area contributed by atoms with E-state index in [1.54, 1.807) is 0 Å². The molecule has 0 heterocycles. The normalized spacial score (nSPS) is 12.0. The van der Waals surface area contributed by atoms with Gasteiger partial charge in [-0.05, 0) is 36.5 Å². The lowest BCUT2D eigenvalue weighted by Crippen LogP contribution is -2.27. The molecule has 0 fully saturated rings. The van der Waals surface area contributed by atoms with Crippen LogP contribution in [0.1, 0.15) is 40.0 Å². The van der Waals surface area contributed by atoms with Gasteiger partial charge in [0.15, 0.2) is 9.84 Å². The lowest BCUT2D eigenvalue weighted by molar-refractivity contribution is -0.120. The predicted molar refractivity (Wildman–Crippen MR) is 96.4 cm³/mol. The van der Waals surface area contributed by atoms with E-state index in [9.17, 15) is 13.2 Å². The van der Waals surface area contributed by atoms with Crippen LogP contribution in [0.2, 0.25) is 5.02 Å². The van der Waals surface area contributed by atoms with E-state index in [1.807, 2.05) is 0 Å². The van der Waals surface area contributed by atoms with Crippen LogP contribution in [0.5, 0.6) is 5.75 Å². The Kier molecular flexibility index (Phi) is 7.55. The standard InChI is InChI=1S/C17H26ClNO4S/c1-17(2,3)9-5-10-19-16(20)8-11-24(21,22)13-6-7-15(23-4)14(18)12-13/h6-7,12H,5,8-11H2,1-4H3,(H,19,20). The van der Waals surface area contributed by atoms with E-state index in [0.717, 1.165) is 12.8 Å². The highest BCUT2D eigenvalue weighted by Crippen LogP contribution is 2.27. The molecule has 0 spiro atoms. The van der Waals surface area contributed by atoms with E-state index in [-0.39, 0.29) is 33.4 Å². The van der Waals surface area contributed by atoms with Gasteiger partial charge in [0.25, 0.3) is 0 Å². The molecule has 1 rings (SSSR count). The van der Waals surface area contributed by atoms with Crippen LogP contribution in [-0.4, -0.2) is 33.7 Å². The van der Waals surface area contributed by atoms with E-state index < -0.39 is 9.84 Å². The number of hydrogen-bond donors (Lipinski definition) is 1. The van der Waals surface area contributed by atoms with E-state index in [2.05, 4.69) is 26.1 Å². The summed E-state index contributed by atoms with van der Waals surface area (Å²) in [7, 11) is -2.10. The number of rotatable bonds is 8. The molecule has 0 atom stereocenters. The lowest BCUT2D eigenvalue weighted by Gasteiger charge is -2.17. The molecule has 1 N–H and O–H groups in total. The number of amides is 1. The third-order valence-electron chi connectivity index (χ3n) is 3.51. The van der Waals surface area contributed by atoms with Gasteiger partial charge < -0.3 is 10.1 Å². The molecule has 0 unspecified atom stereocenters. The van der Waals surface area contributed by atoms with E-state index >= 15 is 0 Å². The summed E-state index contributed by atoms with van der Waals surface area (Å²) in [5.74, 6) is -0.0971. The van der Waals surface area contributed by atoms with Gasteiger partial charge in [-0.25, -0.2) is 8.42 Å². The summed E-state index contributed by atoms with van der Waals surface area (Å²) in [4.78, 5) is 11.9. The van der Waals surface area contributed by atoms with Crippen molar-refractivity contribution < 1.29 is 17.9 Å². The SMILES string of the molecule is COc1ccc(S(=O)(=O)CCC(=O)NCCCC(C)(C)C)cc1Cl. The fourth-order valence-electron chi connectivity index (χ4n) is 2.12. The van der Waals surface area contributed by atoms with E-state index in [0.29, 0.717) is 12.3 Å². The first-order chi connectivity index (χ1) is 11.0. The zero-order chi connectivity index (χ0) is 18.4. The number of ether oxygens (including phenoxy) is 1. The van der Waals surface area contributed by atoms with Crippen molar-refractivity contribution in [1.29, 1.82) is 0 Å². The number of halogens is 1. The minimum absolute atomic E-state index is 0.0680. The molecule has 0 aromatic heterocycles. The second-order valence-corrected chi connectivity index (χ2v) is 9.40. The molecule has 0 aliphatic carbocycles. The van der Waals surface area contributed by atoms with Crippen molar-refractivity contribution in [3.63, 3.8) is 0 Å². The molecule has 136 valence electrons. The minimum atomic E-state index is -3.56. The van der Waals surface area contributed by atoms with Gasteiger partial charge in [0, 0.05) is 13.0 Å². The van der Waals surface area contributed by atoms with Gasteiger partial charge in [0.05, 0.1) is 22.8 Å². The molecule has 0 saturated carbocycles. The van der Waals surface area contributed by atoms with Gasteiger partial charge in [-0.15, -0.1) is 0 Å². The Morgan fingerprint density at radius 2 is 1.96 bits per heavy atom. The molecule has 1 aromatic rings. The summed E-state index contributed by atoms with van der Waals surface area (Å²) in [6.45, 7) is 6.98. The summed E-state index contributed by atoms with van der Waals surface area (Å²) < 4.78 is 29.5. The molecule has 0 aliphatic heterocycles. The highest BCUT2D eigenvalue weighted by atomic mass is 35.5. The van der Waals surface area contributed by atoms with E-state index in [4.69, 9.17) is 16.3 Å². The average molecular weight is 376 g/mol. The first kappa shape index (κ1) is 20.8. The van der Waals surface area contributed by atoms with Gasteiger partial charge in [-0.3, -0.25) is 4.79 Å². The molecule has 5 nitrogen and oxygen atoms in total. The lowest BCUT2D eigenvalue weighted by atomic mass is 9.91. The Bertz CT molecular complexity index is 666. The first-order valence-corrected chi connectivity index (χ1v) is 9.91. The maximum Gasteiger partial charge on any atom is 0.221 e. The number of sulfone groups is 1. The summed E-state index contributed by atoms with van der Waals surface area (Å²) in [5, 5.41) is 2.99. The molecule has 24 heavy (non-hydrogen) atoms. The van der Waals surface area contributed by atoms with Gasteiger partial charge >= 0.3 is 0 Å². The van der Waals surface area contributed by atoms with Crippen LogP contribution in [0.25, 0.3) is 0 Å². The van der Waals surface area contributed by atoms with Crippen LogP contribution in [0.3, 0.4) is 0 Å². The van der Waals surface area contributed by atoms with Crippen LogP contribution >= 0.6 is 11.6 Å². The molecular formula is C17H26ClNO4S. The molecule has 0 aliphatic rings. The summed E-state index contributed by atoms with van der Waals surface area (Å²) in [5.41, 5.74) is 0.224. The van der Waals surface area contributed by atoms with Crippen LogP contribution in [0.15, 0.2) is 23.1 Å². The Balaban J connectivity index is 2.50. The molecule has 0 radical (unpaired) electrons. The van der Waals surface area contributed by atoms with E-state index in [1.165, 1.54) is 25.3 Å². The Morgan fingerprint density at radius 3 is 2.50 bits per heavy atom. The summed E-state index contributed by atoms with van der Waals surface area (Å²) >= 11 is 5.95. The van der Waals surface area contributed by atoms with Crippen LogP contribution in [0, 0.1) is 5.41 Å². The van der Waals surface area contributed by atoms with Crippen LogP contribution in [0.4, 0.5) is 0 Å². The molecule has 7 heteroatoms. The third kappa shape index (κ3) is 7.09. The highest BCUT2D eigenvalue weighted by Gasteiger charge is 2.18. The summed E-state index contributed by atoms with van der Waals surface area (Å²) in [6, 6.07) is 4.28. The number of benzene rings is 1. The third-order valence-corrected chi connectivity index (χ3v) is 5.52.